The van der Waals surface area contributed by atoms with Gasteiger partial charge < -0.3 is 19.8 Å². The first-order chi connectivity index (χ1) is 9.72. The predicted octanol–water partition coefficient (Wildman–Crippen LogP) is 1.29. The fourth-order valence-electron chi connectivity index (χ4n) is 1.81. The number of benzene rings is 1. The van der Waals surface area contributed by atoms with Crippen molar-refractivity contribution in [3.8, 4) is 11.5 Å². The second-order valence-electron chi connectivity index (χ2n) is 4.22. The highest BCUT2D eigenvalue weighted by atomic mass is 16.5. The Morgan fingerprint density at radius 1 is 1.30 bits per heavy atom. The van der Waals surface area contributed by atoms with Crippen LogP contribution in [-0.4, -0.2) is 30.1 Å². The number of hydrogen-bond acceptors (Lipinski definition) is 4. The van der Waals surface area contributed by atoms with Gasteiger partial charge in [0.1, 0.15) is 0 Å². The number of imidazole rings is 1. The van der Waals surface area contributed by atoms with Gasteiger partial charge in [0.25, 0.3) is 0 Å². The van der Waals surface area contributed by atoms with Crippen LogP contribution in [-0.2, 0) is 17.8 Å². The van der Waals surface area contributed by atoms with Crippen LogP contribution in [0.3, 0.4) is 0 Å². The van der Waals surface area contributed by atoms with Gasteiger partial charge in [0.05, 0.1) is 27.0 Å². The molecule has 1 aromatic heterocycles. The third-order valence-electron chi connectivity index (χ3n) is 2.84. The highest BCUT2D eigenvalue weighted by molar-refractivity contribution is 5.78. The Balaban J connectivity index is 1.92. The monoisotopic (exact) mass is 275 g/mol. The van der Waals surface area contributed by atoms with Crippen LogP contribution in [0.4, 0.5) is 0 Å². The lowest BCUT2D eigenvalue weighted by Gasteiger charge is -2.10. The Morgan fingerprint density at radius 2 is 2.10 bits per heavy atom. The number of amides is 1. The normalized spacial score (nSPS) is 10.1. The van der Waals surface area contributed by atoms with Crippen LogP contribution in [0.5, 0.6) is 11.5 Å². The standard InChI is InChI=1S/C14H17N3O3/c1-19-12-4-3-10(5-13(12)20-2)7-16-14(18)6-11-8-15-9-17-11/h3-5,8-9H,6-7H2,1-2H3,(H,15,17)(H,16,18). The van der Waals surface area contributed by atoms with E-state index in [0.717, 1.165) is 11.3 Å². The van der Waals surface area contributed by atoms with E-state index in [1.165, 1.54) is 0 Å². The molecular formula is C14H17N3O3. The maximum Gasteiger partial charge on any atom is 0.226 e. The quantitative estimate of drug-likeness (QED) is 0.832. The molecule has 2 rings (SSSR count). The van der Waals surface area contributed by atoms with Gasteiger partial charge in [0.15, 0.2) is 11.5 Å². The molecule has 0 bridgehead atoms. The molecule has 0 unspecified atom stereocenters. The lowest BCUT2D eigenvalue weighted by atomic mass is 10.2. The number of nitrogens with zero attached hydrogens (tertiary/aromatic N) is 1. The van der Waals surface area contributed by atoms with Crippen molar-refractivity contribution in [3.63, 3.8) is 0 Å². The second-order valence-corrected chi connectivity index (χ2v) is 4.22. The van der Waals surface area contributed by atoms with E-state index in [9.17, 15) is 4.79 Å². The van der Waals surface area contributed by atoms with E-state index in [2.05, 4.69) is 15.3 Å². The highest BCUT2D eigenvalue weighted by Crippen LogP contribution is 2.27. The molecule has 0 saturated carbocycles. The summed E-state index contributed by atoms with van der Waals surface area (Å²) >= 11 is 0. The maximum absolute atomic E-state index is 11.7. The van der Waals surface area contributed by atoms with Gasteiger partial charge in [-0.05, 0) is 17.7 Å². The average molecular weight is 275 g/mol. The summed E-state index contributed by atoms with van der Waals surface area (Å²) in [4.78, 5) is 18.5. The Bertz CT molecular complexity index is 567. The molecule has 0 spiro atoms. The van der Waals surface area contributed by atoms with Crippen LogP contribution in [0, 0.1) is 0 Å². The third-order valence-corrected chi connectivity index (χ3v) is 2.84. The number of carbonyl (C=O) groups excluding carboxylic acids is 1. The first-order valence-electron chi connectivity index (χ1n) is 6.17. The van der Waals surface area contributed by atoms with Crippen molar-refractivity contribution >= 4 is 5.91 Å². The van der Waals surface area contributed by atoms with Crippen molar-refractivity contribution < 1.29 is 14.3 Å². The van der Waals surface area contributed by atoms with E-state index in [1.54, 1.807) is 26.7 Å². The minimum absolute atomic E-state index is 0.0657. The molecule has 2 N–H and O–H groups in total. The number of ether oxygens (including phenoxy) is 2. The number of hydrogen-bond donors (Lipinski definition) is 2. The molecule has 1 amide bonds. The van der Waals surface area contributed by atoms with Gasteiger partial charge in [0.2, 0.25) is 5.91 Å². The van der Waals surface area contributed by atoms with Gasteiger partial charge in [-0.25, -0.2) is 4.98 Å². The molecule has 1 heterocycles. The molecule has 0 aliphatic rings. The molecule has 0 atom stereocenters. The zero-order chi connectivity index (χ0) is 14.4. The summed E-state index contributed by atoms with van der Waals surface area (Å²) in [6.07, 6.45) is 3.47. The average Bonchev–Trinajstić information content (AvgIpc) is 2.97. The third kappa shape index (κ3) is 3.50. The Morgan fingerprint density at radius 3 is 2.75 bits per heavy atom. The minimum atomic E-state index is -0.0657. The van der Waals surface area contributed by atoms with Gasteiger partial charge in [-0.3, -0.25) is 4.79 Å². The fourth-order valence-corrected chi connectivity index (χ4v) is 1.81. The van der Waals surface area contributed by atoms with Crippen LogP contribution < -0.4 is 14.8 Å². The lowest BCUT2D eigenvalue weighted by molar-refractivity contribution is -0.120. The summed E-state index contributed by atoms with van der Waals surface area (Å²) < 4.78 is 10.4. The molecule has 0 aliphatic heterocycles. The summed E-state index contributed by atoms with van der Waals surface area (Å²) in [5, 5.41) is 2.84. The number of H-pyrrole nitrogens is 1. The predicted molar refractivity (Wildman–Crippen MR) is 73.7 cm³/mol. The van der Waals surface area contributed by atoms with Crippen LogP contribution in [0.15, 0.2) is 30.7 Å². The molecule has 6 heteroatoms. The number of methoxy groups -OCH3 is 2. The van der Waals surface area contributed by atoms with Gasteiger partial charge in [0, 0.05) is 18.4 Å². The van der Waals surface area contributed by atoms with Crippen molar-refractivity contribution in [3.05, 3.63) is 42.0 Å². The van der Waals surface area contributed by atoms with Crippen molar-refractivity contribution in [2.75, 3.05) is 14.2 Å². The molecule has 0 aliphatic carbocycles. The topological polar surface area (TPSA) is 76.2 Å². The SMILES string of the molecule is COc1ccc(CNC(=O)Cc2cnc[nH]2)cc1OC. The molecule has 2 aromatic rings. The fraction of sp³-hybridized carbons (Fsp3) is 0.286. The zero-order valence-electron chi connectivity index (χ0n) is 11.5. The van der Waals surface area contributed by atoms with E-state index in [0.29, 0.717) is 18.0 Å². The van der Waals surface area contributed by atoms with Crippen LogP contribution in [0.1, 0.15) is 11.3 Å². The van der Waals surface area contributed by atoms with Crippen molar-refractivity contribution in [1.82, 2.24) is 15.3 Å². The lowest BCUT2D eigenvalue weighted by Crippen LogP contribution is -2.24. The molecular weight excluding hydrogens is 258 g/mol. The van der Waals surface area contributed by atoms with Crippen LogP contribution in [0.2, 0.25) is 0 Å². The zero-order valence-corrected chi connectivity index (χ0v) is 11.5. The molecule has 6 nitrogen and oxygen atoms in total. The van der Waals surface area contributed by atoms with E-state index < -0.39 is 0 Å². The molecule has 0 radical (unpaired) electrons. The Labute approximate surface area is 117 Å². The molecule has 20 heavy (non-hydrogen) atoms. The van der Waals surface area contributed by atoms with Crippen molar-refractivity contribution in [2.45, 2.75) is 13.0 Å². The molecule has 106 valence electrons. The van der Waals surface area contributed by atoms with Crippen LogP contribution >= 0.6 is 0 Å². The number of carbonyl (C=O) groups is 1. The maximum atomic E-state index is 11.7. The van der Waals surface area contributed by atoms with Crippen molar-refractivity contribution in [1.29, 1.82) is 0 Å². The number of aromatic nitrogens is 2. The summed E-state index contributed by atoms with van der Waals surface area (Å²) in [5.41, 5.74) is 1.73. The van der Waals surface area contributed by atoms with Gasteiger partial charge in [-0.2, -0.15) is 0 Å². The van der Waals surface area contributed by atoms with Crippen LogP contribution in [0.25, 0.3) is 0 Å². The number of aromatic amines is 1. The van der Waals surface area contributed by atoms with E-state index in [-0.39, 0.29) is 12.3 Å². The van der Waals surface area contributed by atoms with E-state index >= 15 is 0 Å². The number of rotatable bonds is 6. The number of nitrogens with one attached hydrogen (secondary N) is 2. The van der Waals surface area contributed by atoms with E-state index in [4.69, 9.17) is 9.47 Å². The summed E-state index contributed by atoms with van der Waals surface area (Å²) in [6.45, 7) is 0.438. The molecule has 1 aromatic carbocycles. The van der Waals surface area contributed by atoms with Gasteiger partial charge >= 0.3 is 0 Å². The Hall–Kier alpha value is -2.50. The first-order valence-corrected chi connectivity index (χ1v) is 6.17. The molecule has 0 saturated heterocycles. The highest BCUT2D eigenvalue weighted by Gasteiger charge is 2.07. The summed E-state index contributed by atoms with van der Waals surface area (Å²) in [6, 6.07) is 5.54. The molecule has 0 fully saturated rings. The van der Waals surface area contributed by atoms with Gasteiger partial charge in [-0.1, -0.05) is 6.07 Å². The van der Waals surface area contributed by atoms with Crippen molar-refractivity contribution in [2.24, 2.45) is 0 Å². The summed E-state index contributed by atoms with van der Waals surface area (Å²) in [5.74, 6) is 1.25. The largest absolute Gasteiger partial charge is 0.493 e. The first kappa shape index (κ1) is 13.9. The smallest absolute Gasteiger partial charge is 0.226 e. The Kier molecular flexibility index (Phi) is 4.60. The van der Waals surface area contributed by atoms with Gasteiger partial charge in [-0.15, -0.1) is 0 Å². The minimum Gasteiger partial charge on any atom is -0.493 e. The second kappa shape index (κ2) is 6.60. The van der Waals surface area contributed by atoms with E-state index in [1.807, 2.05) is 18.2 Å². The summed E-state index contributed by atoms with van der Waals surface area (Å²) in [7, 11) is 3.17.